The summed E-state index contributed by atoms with van der Waals surface area (Å²) in [7, 11) is 1.32. The second-order valence-electron chi connectivity index (χ2n) is 5.25. The van der Waals surface area contributed by atoms with Crippen molar-refractivity contribution < 1.29 is 14.3 Å². The van der Waals surface area contributed by atoms with Crippen molar-refractivity contribution in [2.45, 2.75) is 46.6 Å². The molecule has 0 rings (SSSR count). The highest BCUT2D eigenvalue weighted by atomic mass is 16.5. The molecular weight excluding hydrogens is 244 g/mol. The largest absolute Gasteiger partial charge is 0.468 e. The number of ether oxygens (including phenoxy) is 1. The molecule has 5 heteroatoms. The predicted octanol–water partition coefficient (Wildman–Crippen LogP) is 1.41. The molecule has 1 atom stereocenters. The first-order chi connectivity index (χ1) is 8.87. The Hall–Kier alpha value is -1.10. The Morgan fingerprint density at radius 2 is 1.74 bits per heavy atom. The van der Waals surface area contributed by atoms with E-state index in [2.05, 4.69) is 18.6 Å². The van der Waals surface area contributed by atoms with Crippen molar-refractivity contribution in [1.29, 1.82) is 0 Å². The lowest BCUT2D eigenvalue weighted by Gasteiger charge is -2.29. The van der Waals surface area contributed by atoms with Crippen LogP contribution in [0, 0.1) is 11.8 Å². The number of carbonyl (C=O) groups is 2. The normalized spacial score (nSPS) is 12.6. The highest BCUT2D eigenvalue weighted by Gasteiger charge is 2.26. The van der Waals surface area contributed by atoms with Crippen LogP contribution in [0.2, 0.25) is 0 Å². The number of carbonyl (C=O) groups excluding carboxylic acids is 2. The molecule has 0 radical (unpaired) electrons. The van der Waals surface area contributed by atoms with E-state index in [9.17, 15) is 9.59 Å². The zero-order chi connectivity index (χ0) is 15.0. The van der Waals surface area contributed by atoms with Crippen LogP contribution in [0.3, 0.4) is 0 Å². The number of amides is 1. The van der Waals surface area contributed by atoms with E-state index in [0.29, 0.717) is 12.5 Å². The lowest BCUT2D eigenvalue weighted by atomic mass is 10.0. The fourth-order valence-corrected chi connectivity index (χ4v) is 1.81. The van der Waals surface area contributed by atoms with Crippen LogP contribution in [0.1, 0.15) is 40.5 Å². The summed E-state index contributed by atoms with van der Waals surface area (Å²) in [6.07, 6.45) is 1.94. The lowest BCUT2D eigenvalue weighted by molar-refractivity contribution is -0.148. The SMILES string of the molecule is CCC(CC)CN(CC(=O)OC)C(=O)[C@@H](N)C(C)C. The van der Waals surface area contributed by atoms with Crippen molar-refractivity contribution in [3.63, 3.8) is 0 Å². The van der Waals surface area contributed by atoms with Crippen LogP contribution < -0.4 is 5.73 Å². The Labute approximate surface area is 116 Å². The Bertz CT molecular complexity index is 288. The number of hydrogen-bond acceptors (Lipinski definition) is 4. The van der Waals surface area contributed by atoms with Crippen molar-refractivity contribution in [2.75, 3.05) is 20.2 Å². The molecule has 0 bridgehead atoms. The van der Waals surface area contributed by atoms with Gasteiger partial charge in [0.1, 0.15) is 6.54 Å². The smallest absolute Gasteiger partial charge is 0.325 e. The van der Waals surface area contributed by atoms with E-state index in [1.54, 1.807) is 0 Å². The third-order valence-electron chi connectivity index (χ3n) is 3.50. The second kappa shape index (κ2) is 8.91. The Balaban J connectivity index is 4.83. The molecule has 0 aliphatic rings. The monoisotopic (exact) mass is 272 g/mol. The van der Waals surface area contributed by atoms with Gasteiger partial charge in [-0.2, -0.15) is 0 Å². The maximum Gasteiger partial charge on any atom is 0.325 e. The average molecular weight is 272 g/mol. The molecule has 112 valence electrons. The van der Waals surface area contributed by atoms with Crippen LogP contribution in [-0.4, -0.2) is 43.0 Å². The molecule has 0 aromatic carbocycles. The number of nitrogens with zero attached hydrogens (tertiary/aromatic N) is 1. The predicted molar refractivity (Wildman–Crippen MR) is 75.5 cm³/mol. The number of nitrogens with two attached hydrogens (primary N) is 1. The van der Waals surface area contributed by atoms with Crippen molar-refractivity contribution in [3.05, 3.63) is 0 Å². The first-order valence-electron chi connectivity index (χ1n) is 6.98. The summed E-state index contributed by atoms with van der Waals surface area (Å²) < 4.78 is 4.65. The molecule has 0 spiro atoms. The zero-order valence-electron chi connectivity index (χ0n) is 12.8. The maximum atomic E-state index is 12.3. The molecule has 0 aliphatic carbocycles. The van der Waals surface area contributed by atoms with Gasteiger partial charge in [0.15, 0.2) is 0 Å². The van der Waals surface area contributed by atoms with Crippen LogP contribution in [0.25, 0.3) is 0 Å². The summed E-state index contributed by atoms with van der Waals surface area (Å²) in [6, 6.07) is -0.570. The quantitative estimate of drug-likeness (QED) is 0.678. The van der Waals surface area contributed by atoms with Gasteiger partial charge < -0.3 is 15.4 Å². The second-order valence-corrected chi connectivity index (χ2v) is 5.25. The summed E-state index contributed by atoms with van der Waals surface area (Å²) in [5, 5.41) is 0. The molecular formula is C14H28N2O3. The van der Waals surface area contributed by atoms with Gasteiger partial charge in [0.25, 0.3) is 0 Å². The molecule has 0 unspecified atom stereocenters. The minimum atomic E-state index is -0.570. The van der Waals surface area contributed by atoms with Gasteiger partial charge in [0.2, 0.25) is 5.91 Å². The van der Waals surface area contributed by atoms with Gasteiger partial charge in [0.05, 0.1) is 13.2 Å². The van der Waals surface area contributed by atoms with E-state index in [-0.39, 0.29) is 18.4 Å². The van der Waals surface area contributed by atoms with Crippen molar-refractivity contribution >= 4 is 11.9 Å². The van der Waals surface area contributed by atoms with Gasteiger partial charge >= 0.3 is 5.97 Å². The molecule has 0 aromatic rings. The van der Waals surface area contributed by atoms with E-state index < -0.39 is 12.0 Å². The molecule has 0 fully saturated rings. The average Bonchev–Trinajstić information content (AvgIpc) is 2.41. The van der Waals surface area contributed by atoms with Crippen LogP contribution >= 0.6 is 0 Å². The first-order valence-corrected chi connectivity index (χ1v) is 6.98. The van der Waals surface area contributed by atoms with Crippen LogP contribution in [-0.2, 0) is 14.3 Å². The molecule has 0 saturated carbocycles. The molecule has 5 nitrogen and oxygen atoms in total. The summed E-state index contributed by atoms with van der Waals surface area (Å²) >= 11 is 0. The fourth-order valence-electron chi connectivity index (χ4n) is 1.81. The lowest BCUT2D eigenvalue weighted by Crippen LogP contribution is -2.49. The Morgan fingerprint density at radius 3 is 2.11 bits per heavy atom. The molecule has 0 heterocycles. The van der Waals surface area contributed by atoms with Crippen LogP contribution in [0.5, 0.6) is 0 Å². The first kappa shape index (κ1) is 17.9. The molecule has 1 amide bonds. The van der Waals surface area contributed by atoms with Crippen LogP contribution in [0.15, 0.2) is 0 Å². The standard InChI is InChI=1S/C14H28N2O3/c1-6-11(7-2)8-16(9-12(17)19-5)14(18)13(15)10(3)4/h10-11,13H,6-9,15H2,1-5H3/t13-/m0/s1. The van der Waals surface area contributed by atoms with Gasteiger partial charge in [0, 0.05) is 6.54 Å². The van der Waals surface area contributed by atoms with E-state index in [0.717, 1.165) is 12.8 Å². The molecule has 19 heavy (non-hydrogen) atoms. The Kier molecular flexibility index (Phi) is 8.39. The summed E-state index contributed by atoms with van der Waals surface area (Å²) in [4.78, 5) is 25.3. The highest BCUT2D eigenvalue weighted by molar-refractivity contribution is 5.85. The number of methoxy groups -OCH3 is 1. The third-order valence-corrected chi connectivity index (χ3v) is 3.50. The maximum absolute atomic E-state index is 12.3. The third kappa shape index (κ3) is 6.05. The number of rotatable bonds is 8. The van der Waals surface area contributed by atoms with E-state index in [1.807, 2.05) is 13.8 Å². The molecule has 2 N–H and O–H groups in total. The number of hydrogen-bond donors (Lipinski definition) is 1. The Morgan fingerprint density at radius 1 is 1.21 bits per heavy atom. The van der Waals surface area contributed by atoms with Gasteiger partial charge in [-0.25, -0.2) is 0 Å². The topological polar surface area (TPSA) is 72.6 Å². The van der Waals surface area contributed by atoms with Crippen molar-refractivity contribution in [2.24, 2.45) is 17.6 Å². The summed E-state index contributed by atoms with van der Waals surface area (Å²) in [5.41, 5.74) is 5.89. The van der Waals surface area contributed by atoms with E-state index in [1.165, 1.54) is 12.0 Å². The highest BCUT2D eigenvalue weighted by Crippen LogP contribution is 2.12. The minimum absolute atomic E-state index is 0.0216. The van der Waals surface area contributed by atoms with Gasteiger partial charge in [-0.15, -0.1) is 0 Å². The minimum Gasteiger partial charge on any atom is -0.468 e. The van der Waals surface area contributed by atoms with Crippen molar-refractivity contribution in [1.82, 2.24) is 4.90 Å². The zero-order valence-corrected chi connectivity index (χ0v) is 12.8. The van der Waals surface area contributed by atoms with E-state index >= 15 is 0 Å². The van der Waals surface area contributed by atoms with Crippen molar-refractivity contribution in [3.8, 4) is 0 Å². The van der Waals surface area contributed by atoms with Gasteiger partial charge in [-0.3, -0.25) is 9.59 Å². The summed E-state index contributed by atoms with van der Waals surface area (Å²) in [5.74, 6) is -0.148. The summed E-state index contributed by atoms with van der Waals surface area (Å²) in [6.45, 7) is 8.49. The molecule has 0 aromatic heterocycles. The molecule has 0 aliphatic heterocycles. The number of esters is 1. The fraction of sp³-hybridized carbons (Fsp3) is 0.857. The van der Waals surface area contributed by atoms with Gasteiger partial charge in [-0.05, 0) is 11.8 Å². The van der Waals surface area contributed by atoms with Gasteiger partial charge in [-0.1, -0.05) is 40.5 Å². The van der Waals surface area contributed by atoms with E-state index in [4.69, 9.17) is 5.73 Å². The van der Waals surface area contributed by atoms with Crippen LogP contribution in [0.4, 0.5) is 0 Å². The molecule has 0 saturated heterocycles.